The monoisotopic (exact) mass is 401 g/mol. The van der Waals surface area contributed by atoms with E-state index in [1.165, 1.54) is 11.1 Å². The van der Waals surface area contributed by atoms with E-state index in [-0.39, 0.29) is 5.91 Å². The number of rotatable bonds is 10. The Labute approximate surface area is 176 Å². The first kappa shape index (κ1) is 23.2. The Morgan fingerprint density at radius 2 is 1.83 bits per heavy atom. The number of nitrogens with one attached hydrogen (secondary N) is 2. The van der Waals surface area contributed by atoms with Crippen molar-refractivity contribution in [2.45, 2.75) is 72.6 Å². The van der Waals surface area contributed by atoms with Crippen LogP contribution in [0.4, 0.5) is 0 Å². The number of hydrogen-bond acceptors (Lipinski definition) is 3. The minimum atomic E-state index is 0.262. The van der Waals surface area contributed by atoms with Gasteiger partial charge in [-0.15, -0.1) is 0 Å². The highest BCUT2D eigenvalue weighted by Crippen LogP contribution is 2.17. The molecule has 0 unspecified atom stereocenters. The molecule has 1 heterocycles. The Balaban J connectivity index is 1.98. The Morgan fingerprint density at radius 1 is 1.14 bits per heavy atom. The van der Waals surface area contributed by atoms with Crippen LogP contribution in [0.25, 0.3) is 0 Å². The number of guanidine groups is 1. The van der Waals surface area contributed by atoms with E-state index < -0.39 is 0 Å². The lowest BCUT2D eigenvalue weighted by atomic mass is 10.1. The van der Waals surface area contributed by atoms with Gasteiger partial charge >= 0.3 is 0 Å². The lowest BCUT2D eigenvalue weighted by Crippen LogP contribution is -2.45. The molecule has 1 aliphatic rings. The van der Waals surface area contributed by atoms with Gasteiger partial charge in [-0.3, -0.25) is 9.69 Å². The minimum absolute atomic E-state index is 0.262. The van der Waals surface area contributed by atoms with E-state index in [9.17, 15) is 4.79 Å². The number of aliphatic imine (C=N–C) groups is 1. The third-order valence-corrected chi connectivity index (χ3v) is 5.39. The van der Waals surface area contributed by atoms with Crippen LogP contribution in [-0.4, -0.2) is 59.9 Å². The number of hydrogen-bond donors (Lipinski definition) is 2. The van der Waals surface area contributed by atoms with Crippen LogP contribution in [0.2, 0.25) is 0 Å². The normalized spacial score (nSPS) is 15.1. The maximum atomic E-state index is 12.0. The maximum absolute atomic E-state index is 12.0. The van der Waals surface area contributed by atoms with Gasteiger partial charge in [-0.25, -0.2) is 4.99 Å². The Morgan fingerprint density at radius 3 is 2.41 bits per heavy atom. The fourth-order valence-electron chi connectivity index (χ4n) is 3.86. The minimum Gasteiger partial charge on any atom is -0.357 e. The first-order valence-corrected chi connectivity index (χ1v) is 11.0. The van der Waals surface area contributed by atoms with Gasteiger partial charge in [0.05, 0.1) is 6.54 Å². The predicted molar refractivity (Wildman–Crippen MR) is 121 cm³/mol. The van der Waals surface area contributed by atoms with Crippen molar-refractivity contribution < 1.29 is 4.79 Å². The van der Waals surface area contributed by atoms with Crippen molar-refractivity contribution in [3.8, 4) is 0 Å². The van der Waals surface area contributed by atoms with Crippen LogP contribution in [-0.2, 0) is 17.9 Å². The van der Waals surface area contributed by atoms with Crippen LogP contribution in [0.3, 0.4) is 0 Å². The molecule has 1 aliphatic heterocycles. The van der Waals surface area contributed by atoms with E-state index in [0.29, 0.717) is 31.6 Å². The summed E-state index contributed by atoms with van der Waals surface area (Å²) >= 11 is 0. The Bertz CT molecular complexity index is 663. The summed E-state index contributed by atoms with van der Waals surface area (Å²) in [4.78, 5) is 21.2. The number of carbonyl (C=O) groups is 1. The molecule has 2 rings (SSSR count). The molecule has 6 nitrogen and oxygen atoms in total. The van der Waals surface area contributed by atoms with E-state index in [0.717, 1.165) is 38.6 Å². The van der Waals surface area contributed by atoms with Gasteiger partial charge in [-0.2, -0.15) is 0 Å². The average molecular weight is 402 g/mol. The highest BCUT2D eigenvalue weighted by molar-refractivity contribution is 5.79. The fraction of sp³-hybridized carbons (Fsp3) is 0.652. The average Bonchev–Trinajstić information content (AvgIpc) is 3.08. The molecular formula is C23H39N5O. The molecule has 29 heavy (non-hydrogen) atoms. The van der Waals surface area contributed by atoms with E-state index >= 15 is 0 Å². The molecule has 0 spiro atoms. The molecule has 0 aromatic heterocycles. The molecule has 1 amide bonds. The molecular weight excluding hydrogens is 362 g/mol. The highest BCUT2D eigenvalue weighted by atomic mass is 16.2. The molecule has 1 aromatic carbocycles. The van der Waals surface area contributed by atoms with Crippen LogP contribution in [0.1, 0.15) is 58.6 Å². The van der Waals surface area contributed by atoms with Crippen molar-refractivity contribution >= 4 is 11.9 Å². The van der Waals surface area contributed by atoms with Crippen LogP contribution in [0, 0.1) is 0 Å². The maximum Gasteiger partial charge on any atom is 0.222 e. The second-order valence-electron chi connectivity index (χ2n) is 8.23. The molecule has 0 saturated carbocycles. The summed E-state index contributed by atoms with van der Waals surface area (Å²) in [7, 11) is 0. The Kier molecular flexibility index (Phi) is 9.45. The van der Waals surface area contributed by atoms with Gasteiger partial charge in [0.15, 0.2) is 5.96 Å². The summed E-state index contributed by atoms with van der Waals surface area (Å²) in [6, 6.07) is 9.36. The van der Waals surface area contributed by atoms with Crippen LogP contribution >= 0.6 is 0 Å². The van der Waals surface area contributed by atoms with Crippen molar-refractivity contribution in [2.75, 3.05) is 26.2 Å². The van der Waals surface area contributed by atoms with E-state index in [2.05, 4.69) is 62.3 Å². The zero-order chi connectivity index (χ0) is 21.2. The van der Waals surface area contributed by atoms with Gasteiger partial charge in [0.2, 0.25) is 5.91 Å². The summed E-state index contributed by atoms with van der Waals surface area (Å²) in [5.74, 6) is 1.10. The van der Waals surface area contributed by atoms with Crippen LogP contribution in [0.15, 0.2) is 29.3 Å². The van der Waals surface area contributed by atoms with Crippen molar-refractivity contribution in [2.24, 2.45) is 4.99 Å². The van der Waals surface area contributed by atoms with Gasteiger partial charge in [0.1, 0.15) is 0 Å². The second-order valence-corrected chi connectivity index (χ2v) is 8.23. The first-order chi connectivity index (χ1) is 13.9. The van der Waals surface area contributed by atoms with E-state index in [1.807, 2.05) is 17.0 Å². The quantitative estimate of drug-likeness (QED) is 0.467. The summed E-state index contributed by atoms with van der Waals surface area (Å²) in [5, 5.41) is 6.80. The van der Waals surface area contributed by atoms with Crippen molar-refractivity contribution in [1.29, 1.82) is 0 Å². The standard InChI is InChI=1S/C23H39N5O/c1-6-24-23(25-13-15-28(18(2)3)19(4)5)26-16-20-10-7-8-11-21(20)17-27-14-9-12-22(27)29/h7-8,10-11,18-19H,6,9,12-17H2,1-5H3,(H2,24,25,26). The van der Waals surface area contributed by atoms with Crippen molar-refractivity contribution in [3.05, 3.63) is 35.4 Å². The molecule has 6 heteroatoms. The number of carbonyl (C=O) groups excluding carboxylic acids is 1. The molecule has 2 N–H and O–H groups in total. The van der Waals surface area contributed by atoms with Gasteiger partial charge in [-0.05, 0) is 52.2 Å². The number of benzene rings is 1. The highest BCUT2D eigenvalue weighted by Gasteiger charge is 2.20. The van der Waals surface area contributed by atoms with Gasteiger partial charge in [0.25, 0.3) is 0 Å². The van der Waals surface area contributed by atoms with Gasteiger partial charge in [0, 0.05) is 51.2 Å². The van der Waals surface area contributed by atoms with E-state index in [1.54, 1.807) is 0 Å². The molecule has 1 fully saturated rings. The number of amides is 1. The lowest BCUT2D eigenvalue weighted by molar-refractivity contribution is -0.128. The summed E-state index contributed by atoms with van der Waals surface area (Å²) in [6.07, 6.45) is 1.65. The zero-order valence-electron chi connectivity index (χ0n) is 18.9. The SMILES string of the molecule is CCNC(=NCc1ccccc1CN1CCCC1=O)NCCN(C(C)C)C(C)C. The third-order valence-electron chi connectivity index (χ3n) is 5.39. The lowest BCUT2D eigenvalue weighted by Gasteiger charge is -2.30. The molecule has 0 aliphatic carbocycles. The van der Waals surface area contributed by atoms with E-state index in [4.69, 9.17) is 4.99 Å². The first-order valence-electron chi connectivity index (χ1n) is 11.0. The summed E-state index contributed by atoms with van der Waals surface area (Å²) < 4.78 is 0. The third kappa shape index (κ3) is 7.35. The zero-order valence-corrected chi connectivity index (χ0v) is 18.9. The molecule has 1 saturated heterocycles. The largest absolute Gasteiger partial charge is 0.357 e. The smallest absolute Gasteiger partial charge is 0.222 e. The molecule has 0 bridgehead atoms. The van der Waals surface area contributed by atoms with Crippen LogP contribution < -0.4 is 10.6 Å². The van der Waals surface area contributed by atoms with Crippen molar-refractivity contribution in [3.63, 3.8) is 0 Å². The van der Waals surface area contributed by atoms with Crippen LogP contribution in [0.5, 0.6) is 0 Å². The predicted octanol–water partition coefficient (Wildman–Crippen LogP) is 2.98. The van der Waals surface area contributed by atoms with Crippen molar-refractivity contribution in [1.82, 2.24) is 20.4 Å². The Hall–Kier alpha value is -2.08. The molecule has 0 radical (unpaired) electrons. The summed E-state index contributed by atoms with van der Waals surface area (Å²) in [6.45, 7) is 15.8. The molecule has 0 atom stereocenters. The molecule has 1 aromatic rings. The van der Waals surface area contributed by atoms with Gasteiger partial charge < -0.3 is 15.5 Å². The number of nitrogens with zero attached hydrogens (tertiary/aromatic N) is 3. The topological polar surface area (TPSA) is 60.0 Å². The second kappa shape index (κ2) is 11.8. The summed E-state index contributed by atoms with van der Waals surface area (Å²) in [5.41, 5.74) is 2.36. The molecule has 162 valence electrons. The van der Waals surface area contributed by atoms with Gasteiger partial charge in [-0.1, -0.05) is 24.3 Å². The number of likely N-dealkylation sites (tertiary alicyclic amines) is 1. The fourth-order valence-corrected chi connectivity index (χ4v) is 3.86.